The van der Waals surface area contributed by atoms with Gasteiger partial charge in [-0.05, 0) is 31.5 Å². The first kappa shape index (κ1) is 18.2. The maximum Gasteiger partial charge on any atom is 0.397 e. The van der Waals surface area contributed by atoms with Crippen LogP contribution < -0.4 is 4.90 Å². The van der Waals surface area contributed by atoms with E-state index in [4.69, 9.17) is 9.47 Å². The van der Waals surface area contributed by atoms with Crippen molar-refractivity contribution in [1.82, 2.24) is 9.78 Å². The lowest BCUT2D eigenvalue weighted by molar-refractivity contribution is -0.153. The third-order valence-electron chi connectivity index (χ3n) is 3.45. The fourth-order valence-electron chi connectivity index (χ4n) is 2.36. The first-order valence-electron chi connectivity index (χ1n) is 7.63. The number of methoxy groups -OCH3 is 1. The van der Waals surface area contributed by atoms with Crippen LogP contribution in [-0.2, 0) is 25.7 Å². The SMILES string of the molecule is CCOC(=O)C(=O)N(Cn1cccn1)c1c(C)cccc1C(=O)OC. The van der Waals surface area contributed by atoms with Crippen molar-refractivity contribution in [1.29, 1.82) is 0 Å². The number of hydrogen-bond donors (Lipinski definition) is 0. The fraction of sp³-hybridized carbons (Fsp3) is 0.294. The average molecular weight is 345 g/mol. The second kappa shape index (κ2) is 8.09. The molecule has 0 saturated heterocycles. The van der Waals surface area contributed by atoms with Crippen LogP contribution in [0.1, 0.15) is 22.8 Å². The Morgan fingerprint density at radius 1 is 1.24 bits per heavy atom. The summed E-state index contributed by atoms with van der Waals surface area (Å²) in [5.74, 6) is -2.51. The number of ether oxygens (including phenoxy) is 2. The lowest BCUT2D eigenvalue weighted by Gasteiger charge is -2.25. The highest BCUT2D eigenvalue weighted by molar-refractivity contribution is 6.38. The van der Waals surface area contributed by atoms with Crippen LogP contribution in [0.3, 0.4) is 0 Å². The van der Waals surface area contributed by atoms with Crippen molar-refractivity contribution in [2.75, 3.05) is 18.6 Å². The third-order valence-corrected chi connectivity index (χ3v) is 3.45. The number of carbonyl (C=O) groups excluding carboxylic acids is 3. The van der Waals surface area contributed by atoms with Crippen molar-refractivity contribution in [2.24, 2.45) is 0 Å². The normalized spacial score (nSPS) is 10.2. The lowest BCUT2D eigenvalue weighted by Crippen LogP contribution is -2.40. The molecule has 0 aliphatic heterocycles. The minimum atomic E-state index is -1.01. The molecule has 0 bridgehead atoms. The molecule has 0 atom stereocenters. The lowest BCUT2D eigenvalue weighted by atomic mass is 10.1. The smallest absolute Gasteiger partial charge is 0.397 e. The Labute approximate surface area is 144 Å². The number of aromatic nitrogens is 2. The van der Waals surface area contributed by atoms with E-state index in [1.165, 1.54) is 17.9 Å². The van der Waals surface area contributed by atoms with Gasteiger partial charge in [-0.25, -0.2) is 9.59 Å². The molecule has 8 nitrogen and oxygen atoms in total. The van der Waals surface area contributed by atoms with Crippen LogP contribution in [0, 0.1) is 6.92 Å². The van der Waals surface area contributed by atoms with Crippen LogP contribution in [0.15, 0.2) is 36.7 Å². The molecule has 0 spiro atoms. The Bertz CT molecular complexity index is 771. The van der Waals surface area contributed by atoms with E-state index in [1.807, 2.05) is 0 Å². The van der Waals surface area contributed by atoms with Gasteiger partial charge in [0.15, 0.2) is 0 Å². The van der Waals surface area contributed by atoms with Crippen molar-refractivity contribution in [3.63, 3.8) is 0 Å². The summed E-state index contributed by atoms with van der Waals surface area (Å²) in [6, 6.07) is 6.62. The molecule has 0 aliphatic carbocycles. The van der Waals surface area contributed by atoms with Gasteiger partial charge in [0, 0.05) is 12.4 Å². The van der Waals surface area contributed by atoms with Gasteiger partial charge < -0.3 is 9.47 Å². The largest absolute Gasteiger partial charge is 0.465 e. The first-order chi connectivity index (χ1) is 12.0. The third kappa shape index (κ3) is 4.03. The molecular weight excluding hydrogens is 326 g/mol. The number of carbonyl (C=O) groups is 3. The van der Waals surface area contributed by atoms with Gasteiger partial charge in [0.2, 0.25) is 0 Å². The van der Waals surface area contributed by atoms with Crippen LogP contribution >= 0.6 is 0 Å². The van der Waals surface area contributed by atoms with Crippen molar-refractivity contribution < 1.29 is 23.9 Å². The van der Waals surface area contributed by atoms with E-state index in [0.717, 1.165) is 4.90 Å². The highest BCUT2D eigenvalue weighted by atomic mass is 16.5. The zero-order valence-corrected chi connectivity index (χ0v) is 14.3. The molecule has 25 heavy (non-hydrogen) atoms. The van der Waals surface area contributed by atoms with Gasteiger partial charge in [-0.3, -0.25) is 14.4 Å². The summed E-state index contributed by atoms with van der Waals surface area (Å²) in [5, 5.41) is 4.05. The van der Waals surface area contributed by atoms with Gasteiger partial charge in [0.25, 0.3) is 0 Å². The summed E-state index contributed by atoms with van der Waals surface area (Å²) in [6.45, 7) is 3.35. The summed E-state index contributed by atoms with van der Waals surface area (Å²) >= 11 is 0. The van der Waals surface area contributed by atoms with Gasteiger partial charge >= 0.3 is 17.8 Å². The standard InChI is InChI=1S/C17H19N3O5/c1-4-25-17(23)15(21)20(11-19-10-6-9-18-19)14-12(2)7-5-8-13(14)16(22)24-3/h5-10H,4,11H2,1-3H3. The Hall–Kier alpha value is -3.16. The predicted molar refractivity (Wildman–Crippen MR) is 88.9 cm³/mol. The number of esters is 2. The topological polar surface area (TPSA) is 90.7 Å². The highest BCUT2D eigenvalue weighted by Crippen LogP contribution is 2.27. The number of anilines is 1. The van der Waals surface area contributed by atoms with E-state index in [-0.39, 0.29) is 24.5 Å². The Kier molecular flexibility index (Phi) is 5.89. The average Bonchev–Trinajstić information content (AvgIpc) is 3.12. The minimum Gasteiger partial charge on any atom is -0.465 e. The molecular formula is C17H19N3O5. The number of nitrogens with zero attached hydrogens (tertiary/aromatic N) is 3. The number of rotatable bonds is 5. The molecule has 0 aliphatic rings. The molecule has 0 fully saturated rings. The monoisotopic (exact) mass is 345 g/mol. The van der Waals surface area contributed by atoms with E-state index >= 15 is 0 Å². The van der Waals surface area contributed by atoms with Crippen molar-refractivity contribution in [3.8, 4) is 0 Å². The molecule has 1 aromatic carbocycles. The van der Waals surface area contributed by atoms with E-state index in [1.54, 1.807) is 44.4 Å². The summed E-state index contributed by atoms with van der Waals surface area (Å²) in [4.78, 5) is 37.9. The number of para-hydroxylation sites is 1. The second-order valence-corrected chi connectivity index (χ2v) is 5.10. The predicted octanol–water partition coefficient (Wildman–Crippen LogP) is 1.53. The van der Waals surface area contributed by atoms with Crippen LogP contribution in [0.4, 0.5) is 5.69 Å². The van der Waals surface area contributed by atoms with Gasteiger partial charge in [-0.15, -0.1) is 0 Å². The Balaban J connectivity index is 2.53. The molecule has 1 heterocycles. The van der Waals surface area contributed by atoms with Gasteiger partial charge in [0.1, 0.15) is 6.67 Å². The number of aryl methyl sites for hydroxylation is 1. The quantitative estimate of drug-likeness (QED) is 0.603. The zero-order valence-electron chi connectivity index (χ0n) is 14.3. The summed E-state index contributed by atoms with van der Waals surface area (Å²) in [5.41, 5.74) is 1.09. The fourth-order valence-corrected chi connectivity index (χ4v) is 2.36. The Morgan fingerprint density at radius 3 is 2.60 bits per heavy atom. The molecule has 0 radical (unpaired) electrons. The molecule has 2 aromatic rings. The zero-order chi connectivity index (χ0) is 18.4. The molecule has 132 valence electrons. The summed E-state index contributed by atoms with van der Waals surface area (Å²) < 4.78 is 11.1. The van der Waals surface area contributed by atoms with Gasteiger partial charge in [0.05, 0.1) is 25.0 Å². The summed E-state index contributed by atoms with van der Waals surface area (Å²) in [6.07, 6.45) is 3.19. The second-order valence-electron chi connectivity index (χ2n) is 5.10. The molecule has 0 unspecified atom stereocenters. The number of benzene rings is 1. The van der Waals surface area contributed by atoms with Crippen LogP contribution in [-0.4, -0.2) is 41.3 Å². The highest BCUT2D eigenvalue weighted by Gasteiger charge is 2.29. The van der Waals surface area contributed by atoms with E-state index in [2.05, 4.69) is 5.10 Å². The molecule has 0 N–H and O–H groups in total. The van der Waals surface area contributed by atoms with E-state index in [0.29, 0.717) is 5.56 Å². The first-order valence-corrected chi connectivity index (χ1v) is 7.63. The maximum atomic E-state index is 12.6. The molecule has 1 amide bonds. The van der Waals surface area contributed by atoms with E-state index < -0.39 is 17.8 Å². The van der Waals surface area contributed by atoms with Crippen LogP contribution in [0.2, 0.25) is 0 Å². The molecule has 1 aromatic heterocycles. The maximum absolute atomic E-state index is 12.6. The molecule has 8 heteroatoms. The van der Waals surface area contributed by atoms with Gasteiger partial charge in [-0.1, -0.05) is 12.1 Å². The number of amides is 1. The van der Waals surface area contributed by atoms with Crippen molar-refractivity contribution in [2.45, 2.75) is 20.5 Å². The number of hydrogen-bond acceptors (Lipinski definition) is 6. The Morgan fingerprint density at radius 2 is 2.00 bits per heavy atom. The van der Waals surface area contributed by atoms with Crippen molar-refractivity contribution >= 4 is 23.5 Å². The molecule has 2 rings (SSSR count). The van der Waals surface area contributed by atoms with Crippen LogP contribution in [0.5, 0.6) is 0 Å². The minimum absolute atomic E-state index is 0.0561. The van der Waals surface area contributed by atoms with Crippen molar-refractivity contribution in [3.05, 3.63) is 47.8 Å². The molecule has 0 saturated carbocycles. The van der Waals surface area contributed by atoms with E-state index in [9.17, 15) is 14.4 Å². The summed E-state index contributed by atoms with van der Waals surface area (Å²) in [7, 11) is 1.25. The van der Waals surface area contributed by atoms with Gasteiger partial charge in [-0.2, -0.15) is 5.10 Å². The van der Waals surface area contributed by atoms with Crippen LogP contribution in [0.25, 0.3) is 0 Å².